The van der Waals surface area contributed by atoms with Crippen LogP contribution in [0.3, 0.4) is 0 Å². The summed E-state index contributed by atoms with van der Waals surface area (Å²) in [7, 11) is 0. The van der Waals surface area contributed by atoms with E-state index in [0.717, 1.165) is 0 Å². The second-order valence-electron chi connectivity index (χ2n) is 2.96. The van der Waals surface area contributed by atoms with Gasteiger partial charge in [0.25, 0.3) is 5.56 Å². The first kappa shape index (κ1) is 9.86. The van der Waals surface area contributed by atoms with Crippen molar-refractivity contribution in [3.05, 3.63) is 51.5 Å². The first-order valence-electron chi connectivity index (χ1n) is 4.17. The zero-order chi connectivity index (χ0) is 10.8. The molecule has 3 nitrogen and oxygen atoms in total. The van der Waals surface area contributed by atoms with Crippen LogP contribution < -0.4 is 5.56 Å². The van der Waals surface area contributed by atoms with Crippen LogP contribution in [-0.4, -0.2) is 10.2 Å². The molecular formula is C10H6ClFN2O. The van der Waals surface area contributed by atoms with Gasteiger partial charge in [-0.1, -0.05) is 11.6 Å². The third kappa shape index (κ3) is 2.22. The molecule has 0 spiro atoms. The van der Waals surface area contributed by atoms with Crippen molar-refractivity contribution in [1.29, 1.82) is 0 Å². The van der Waals surface area contributed by atoms with Crippen LogP contribution >= 0.6 is 11.6 Å². The predicted molar refractivity (Wildman–Crippen MR) is 55.3 cm³/mol. The van der Waals surface area contributed by atoms with Crippen LogP contribution in [0.4, 0.5) is 4.39 Å². The zero-order valence-corrected chi connectivity index (χ0v) is 8.25. The minimum Gasteiger partial charge on any atom is -0.268 e. The first-order valence-corrected chi connectivity index (χ1v) is 4.55. The minimum absolute atomic E-state index is 0.290. The van der Waals surface area contributed by atoms with Crippen molar-refractivity contribution < 1.29 is 4.39 Å². The number of nitrogens with one attached hydrogen (secondary N) is 1. The van der Waals surface area contributed by atoms with Crippen molar-refractivity contribution in [3.63, 3.8) is 0 Å². The molecular weight excluding hydrogens is 219 g/mol. The standard InChI is InChI=1S/C10H6ClFN2O/c11-7-3-6(4-8(12)5-7)9-1-2-10(15)14-13-9/h1-5H,(H,14,15). The summed E-state index contributed by atoms with van der Waals surface area (Å²) in [6, 6.07) is 6.90. The summed E-state index contributed by atoms with van der Waals surface area (Å²) in [5, 5.41) is 6.32. The van der Waals surface area contributed by atoms with Gasteiger partial charge in [-0.3, -0.25) is 4.79 Å². The van der Waals surface area contributed by atoms with E-state index in [9.17, 15) is 9.18 Å². The largest absolute Gasteiger partial charge is 0.268 e. The Hall–Kier alpha value is -1.68. The SMILES string of the molecule is O=c1ccc(-c2cc(F)cc(Cl)c2)n[nH]1. The molecule has 0 aliphatic heterocycles. The molecule has 0 aliphatic carbocycles. The topological polar surface area (TPSA) is 45.8 Å². The van der Waals surface area contributed by atoms with Crippen LogP contribution in [0.5, 0.6) is 0 Å². The number of hydrogen-bond donors (Lipinski definition) is 1. The van der Waals surface area contributed by atoms with Crippen LogP contribution in [-0.2, 0) is 0 Å². The molecule has 1 N–H and O–H groups in total. The van der Waals surface area contributed by atoms with Crippen molar-refractivity contribution in [3.8, 4) is 11.3 Å². The highest BCUT2D eigenvalue weighted by Crippen LogP contribution is 2.21. The molecule has 76 valence electrons. The van der Waals surface area contributed by atoms with E-state index >= 15 is 0 Å². The molecule has 15 heavy (non-hydrogen) atoms. The third-order valence-electron chi connectivity index (χ3n) is 1.84. The maximum Gasteiger partial charge on any atom is 0.264 e. The van der Waals surface area contributed by atoms with E-state index in [4.69, 9.17) is 11.6 Å². The van der Waals surface area contributed by atoms with Gasteiger partial charge in [-0.2, -0.15) is 5.10 Å². The average Bonchev–Trinajstić information content (AvgIpc) is 2.17. The van der Waals surface area contributed by atoms with Gasteiger partial charge < -0.3 is 0 Å². The van der Waals surface area contributed by atoms with Gasteiger partial charge in [0, 0.05) is 16.7 Å². The fourth-order valence-corrected chi connectivity index (χ4v) is 1.43. The lowest BCUT2D eigenvalue weighted by Gasteiger charge is -2.00. The number of aromatic amines is 1. The number of halogens is 2. The maximum absolute atomic E-state index is 13.0. The quantitative estimate of drug-likeness (QED) is 0.808. The highest BCUT2D eigenvalue weighted by atomic mass is 35.5. The van der Waals surface area contributed by atoms with Gasteiger partial charge in [-0.15, -0.1) is 0 Å². The second kappa shape index (κ2) is 3.82. The number of benzene rings is 1. The molecule has 1 aromatic heterocycles. The molecule has 0 radical (unpaired) electrons. The molecule has 0 saturated carbocycles. The summed E-state index contributed by atoms with van der Waals surface area (Å²) in [5.41, 5.74) is 0.688. The summed E-state index contributed by atoms with van der Waals surface area (Å²) in [6.45, 7) is 0. The highest BCUT2D eigenvalue weighted by molar-refractivity contribution is 6.30. The Morgan fingerprint density at radius 2 is 2.07 bits per heavy atom. The van der Waals surface area contributed by atoms with Crippen LogP contribution in [0.25, 0.3) is 11.3 Å². The van der Waals surface area contributed by atoms with E-state index in [1.807, 2.05) is 0 Å². The van der Waals surface area contributed by atoms with Gasteiger partial charge in [0.15, 0.2) is 0 Å². The van der Waals surface area contributed by atoms with Crippen LogP contribution in [0.1, 0.15) is 0 Å². The Labute approximate surface area is 89.5 Å². The van der Waals surface area contributed by atoms with Crippen LogP contribution in [0, 0.1) is 5.82 Å². The van der Waals surface area contributed by atoms with E-state index < -0.39 is 5.82 Å². The predicted octanol–water partition coefficient (Wildman–Crippen LogP) is 2.23. The summed E-state index contributed by atoms with van der Waals surface area (Å²) >= 11 is 5.69. The van der Waals surface area contributed by atoms with E-state index in [2.05, 4.69) is 10.2 Å². The Balaban J connectivity index is 2.53. The minimum atomic E-state index is -0.439. The number of nitrogens with zero attached hydrogens (tertiary/aromatic N) is 1. The molecule has 1 aromatic carbocycles. The summed E-state index contributed by atoms with van der Waals surface area (Å²) in [5.74, 6) is -0.439. The third-order valence-corrected chi connectivity index (χ3v) is 2.06. The Morgan fingerprint density at radius 1 is 1.27 bits per heavy atom. The van der Waals surface area contributed by atoms with Crippen molar-refractivity contribution in [2.45, 2.75) is 0 Å². The van der Waals surface area contributed by atoms with E-state index in [1.165, 1.54) is 24.3 Å². The maximum atomic E-state index is 13.0. The van der Waals surface area contributed by atoms with Crippen molar-refractivity contribution >= 4 is 11.6 Å². The number of rotatable bonds is 1. The number of aromatic nitrogens is 2. The lowest BCUT2D eigenvalue weighted by Crippen LogP contribution is -2.05. The Morgan fingerprint density at radius 3 is 2.67 bits per heavy atom. The summed E-state index contributed by atoms with van der Waals surface area (Å²) in [4.78, 5) is 10.8. The molecule has 2 rings (SSSR count). The van der Waals surface area contributed by atoms with Gasteiger partial charge in [-0.25, -0.2) is 9.49 Å². The van der Waals surface area contributed by atoms with Crippen molar-refractivity contribution in [2.24, 2.45) is 0 Å². The lowest BCUT2D eigenvalue weighted by molar-refractivity contribution is 0.628. The molecule has 2 aromatic rings. The molecule has 0 amide bonds. The first-order chi connectivity index (χ1) is 7.15. The molecule has 0 bridgehead atoms. The Kier molecular flexibility index (Phi) is 2.51. The Bertz CT molecular complexity index is 513. The lowest BCUT2D eigenvalue weighted by atomic mass is 10.1. The van der Waals surface area contributed by atoms with E-state index in [0.29, 0.717) is 11.3 Å². The van der Waals surface area contributed by atoms with Crippen molar-refractivity contribution in [2.75, 3.05) is 0 Å². The van der Waals surface area contributed by atoms with Crippen molar-refractivity contribution in [1.82, 2.24) is 10.2 Å². The van der Waals surface area contributed by atoms with Gasteiger partial charge in [0.1, 0.15) is 5.82 Å². The fourth-order valence-electron chi connectivity index (χ4n) is 1.21. The summed E-state index contributed by atoms with van der Waals surface area (Å²) < 4.78 is 13.0. The van der Waals surface area contributed by atoms with Crippen LogP contribution in [0.2, 0.25) is 5.02 Å². The van der Waals surface area contributed by atoms with Crippen LogP contribution in [0.15, 0.2) is 35.1 Å². The van der Waals surface area contributed by atoms with Gasteiger partial charge in [-0.05, 0) is 24.3 Å². The summed E-state index contributed by atoms with van der Waals surface area (Å²) in [6.07, 6.45) is 0. The fraction of sp³-hybridized carbons (Fsp3) is 0. The molecule has 0 saturated heterocycles. The molecule has 5 heteroatoms. The van der Waals surface area contributed by atoms with E-state index in [-0.39, 0.29) is 10.6 Å². The molecule has 1 heterocycles. The monoisotopic (exact) mass is 224 g/mol. The number of H-pyrrole nitrogens is 1. The zero-order valence-electron chi connectivity index (χ0n) is 7.50. The van der Waals surface area contributed by atoms with Gasteiger partial charge in [0.2, 0.25) is 0 Å². The van der Waals surface area contributed by atoms with Gasteiger partial charge in [0.05, 0.1) is 5.69 Å². The highest BCUT2D eigenvalue weighted by Gasteiger charge is 2.03. The smallest absolute Gasteiger partial charge is 0.264 e. The molecule has 0 atom stereocenters. The number of hydrogen-bond acceptors (Lipinski definition) is 2. The molecule has 0 fully saturated rings. The average molecular weight is 225 g/mol. The molecule has 0 aliphatic rings. The second-order valence-corrected chi connectivity index (χ2v) is 3.40. The molecule has 0 unspecified atom stereocenters. The van der Waals surface area contributed by atoms with Gasteiger partial charge >= 0.3 is 0 Å². The van der Waals surface area contributed by atoms with E-state index in [1.54, 1.807) is 6.07 Å². The normalized spacial score (nSPS) is 10.3.